The molecule has 3 nitrogen and oxygen atoms in total. The second kappa shape index (κ2) is 11.2. The number of rotatable bonds is 5. The van der Waals surface area contributed by atoms with Crippen molar-refractivity contribution in [2.75, 3.05) is 0 Å². The van der Waals surface area contributed by atoms with Crippen LogP contribution in [0.1, 0.15) is 0 Å². The van der Waals surface area contributed by atoms with Gasteiger partial charge in [0.25, 0.3) is 0 Å². The molecule has 0 bridgehead atoms. The van der Waals surface area contributed by atoms with Gasteiger partial charge < -0.3 is 4.42 Å². The average molecular weight is 601 g/mol. The molecule has 2 heterocycles. The molecule has 2 aromatic heterocycles. The lowest BCUT2D eigenvalue weighted by Gasteiger charge is -2.13. The summed E-state index contributed by atoms with van der Waals surface area (Å²) in [5.41, 5.74) is 11.1. The predicted octanol–water partition coefficient (Wildman–Crippen LogP) is 11.9. The molecule has 0 aliphatic rings. The van der Waals surface area contributed by atoms with Crippen molar-refractivity contribution in [2.24, 2.45) is 0 Å². The van der Waals surface area contributed by atoms with Crippen LogP contribution in [0.15, 0.2) is 174 Å². The quantitative estimate of drug-likeness (QED) is 0.197. The van der Waals surface area contributed by atoms with Crippen molar-refractivity contribution < 1.29 is 4.42 Å². The average Bonchev–Trinajstić information content (AvgIpc) is 3.54. The minimum atomic E-state index is 0.684. The van der Waals surface area contributed by atoms with E-state index < -0.39 is 0 Å². The van der Waals surface area contributed by atoms with Gasteiger partial charge in [0.15, 0.2) is 5.82 Å². The molecule has 0 aliphatic heterocycles. The van der Waals surface area contributed by atoms with E-state index in [0.717, 1.165) is 83.0 Å². The third kappa shape index (κ3) is 4.95. The Kier molecular flexibility index (Phi) is 6.46. The Bertz CT molecular complexity index is 2500. The molecule has 0 aliphatic carbocycles. The molecule has 9 aromatic rings. The van der Waals surface area contributed by atoms with Crippen LogP contribution < -0.4 is 0 Å². The Morgan fingerprint density at radius 1 is 0.340 bits per heavy atom. The van der Waals surface area contributed by atoms with Crippen molar-refractivity contribution in [1.82, 2.24) is 9.97 Å². The molecule has 3 heteroatoms. The molecule has 47 heavy (non-hydrogen) atoms. The SMILES string of the molecule is c1ccc(-c2cc(-c3ccccc3)cc(-c3nc(-c4ccccc4)cc(-c4ccc5c(ccc6c7ccccc7oc56)c4)n3)c2)cc1. The van der Waals surface area contributed by atoms with Crippen LogP contribution >= 0.6 is 0 Å². The lowest BCUT2D eigenvalue weighted by molar-refractivity contribution is 0.672. The van der Waals surface area contributed by atoms with E-state index in [1.165, 1.54) is 0 Å². The van der Waals surface area contributed by atoms with Crippen molar-refractivity contribution in [3.8, 4) is 56.2 Å². The summed E-state index contributed by atoms with van der Waals surface area (Å²) in [5, 5.41) is 4.45. The van der Waals surface area contributed by atoms with Gasteiger partial charge in [0.2, 0.25) is 0 Å². The summed E-state index contributed by atoms with van der Waals surface area (Å²) in [4.78, 5) is 10.4. The topological polar surface area (TPSA) is 38.9 Å². The van der Waals surface area contributed by atoms with Crippen LogP contribution in [0.5, 0.6) is 0 Å². The molecule has 0 saturated heterocycles. The maximum Gasteiger partial charge on any atom is 0.160 e. The monoisotopic (exact) mass is 600 g/mol. The summed E-state index contributed by atoms with van der Waals surface area (Å²) >= 11 is 0. The first-order valence-electron chi connectivity index (χ1n) is 15.8. The van der Waals surface area contributed by atoms with E-state index >= 15 is 0 Å². The molecule has 0 saturated carbocycles. The third-order valence-corrected chi connectivity index (χ3v) is 8.86. The lowest BCUT2D eigenvalue weighted by atomic mass is 9.95. The van der Waals surface area contributed by atoms with Gasteiger partial charge in [-0.15, -0.1) is 0 Å². The van der Waals surface area contributed by atoms with Crippen molar-refractivity contribution in [1.29, 1.82) is 0 Å². The molecule has 7 aromatic carbocycles. The number of para-hydroxylation sites is 1. The standard InChI is InChI=1S/C44H28N2O/c1-4-12-29(13-5-1)34-25-35(30-14-6-2-7-15-30)27-36(26-34)44-45-40(31-16-8-3-9-17-31)28-41(46-44)33-21-22-37-32(24-33)20-23-39-38-18-10-11-19-42(38)47-43(37)39/h1-28H. The van der Waals surface area contributed by atoms with E-state index in [1.807, 2.05) is 30.3 Å². The Morgan fingerprint density at radius 3 is 1.57 bits per heavy atom. The van der Waals surface area contributed by atoms with Crippen molar-refractivity contribution >= 4 is 32.7 Å². The molecule has 0 fully saturated rings. The van der Waals surface area contributed by atoms with Crippen LogP contribution in [0.4, 0.5) is 0 Å². The Hall–Kier alpha value is -6.32. The molecular formula is C44H28N2O. The largest absolute Gasteiger partial charge is 0.455 e. The molecule has 0 atom stereocenters. The predicted molar refractivity (Wildman–Crippen MR) is 194 cm³/mol. The first-order chi connectivity index (χ1) is 23.3. The lowest BCUT2D eigenvalue weighted by Crippen LogP contribution is -1.97. The van der Waals surface area contributed by atoms with Crippen molar-refractivity contribution in [3.63, 3.8) is 0 Å². The molecule has 220 valence electrons. The van der Waals surface area contributed by atoms with Gasteiger partial charge in [0, 0.05) is 32.8 Å². The van der Waals surface area contributed by atoms with E-state index in [1.54, 1.807) is 0 Å². The molecule has 0 radical (unpaired) electrons. The zero-order valence-corrected chi connectivity index (χ0v) is 25.5. The highest BCUT2D eigenvalue weighted by Crippen LogP contribution is 2.37. The maximum atomic E-state index is 6.33. The molecule has 0 amide bonds. The van der Waals surface area contributed by atoms with Gasteiger partial charge in [-0.3, -0.25) is 0 Å². The number of nitrogens with zero attached hydrogens (tertiary/aromatic N) is 2. The number of benzene rings is 7. The van der Waals surface area contributed by atoms with E-state index in [9.17, 15) is 0 Å². The van der Waals surface area contributed by atoms with Crippen LogP contribution in [-0.2, 0) is 0 Å². The third-order valence-electron chi connectivity index (χ3n) is 8.86. The number of furan rings is 1. The summed E-state index contributed by atoms with van der Waals surface area (Å²) < 4.78 is 6.33. The Labute approximate surface area is 272 Å². The van der Waals surface area contributed by atoms with Gasteiger partial charge in [-0.1, -0.05) is 121 Å². The van der Waals surface area contributed by atoms with Gasteiger partial charge in [-0.2, -0.15) is 0 Å². The number of hydrogen-bond donors (Lipinski definition) is 0. The number of fused-ring (bicyclic) bond motifs is 5. The first kappa shape index (κ1) is 27.0. The highest BCUT2D eigenvalue weighted by Gasteiger charge is 2.15. The zero-order valence-electron chi connectivity index (χ0n) is 25.5. The zero-order chi connectivity index (χ0) is 31.2. The summed E-state index contributed by atoms with van der Waals surface area (Å²) in [6, 6.07) is 59.1. The van der Waals surface area contributed by atoms with E-state index in [0.29, 0.717) is 5.82 Å². The van der Waals surface area contributed by atoms with E-state index in [4.69, 9.17) is 14.4 Å². The van der Waals surface area contributed by atoms with Gasteiger partial charge >= 0.3 is 0 Å². The van der Waals surface area contributed by atoms with Crippen LogP contribution in [0.25, 0.3) is 88.9 Å². The number of aromatic nitrogens is 2. The molecule has 9 rings (SSSR count). The fourth-order valence-corrected chi connectivity index (χ4v) is 6.50. The minimum absolute atomic E-state index is 0.684. The van der Waals surface area contributed by atoms with Crippen molar-refractivity contribution in [3.05, 3.63) is 170 Å². The van der Waals surface area contributed by atoms with Gasteiger partial charge in [0.1, 0.15) is 11.2 Å². The summed E-state index contributed by atoms with van der Waals surface area (Å²) in [6.07, 6.45) is 0. The van der Waals surface area contributed by atoms with Crippen molar-refractivity contribution in [2.45, 2.75) is 0 Å². The van der Waals surface area contributed by atoms with Crippen LogP contribution in [0.2, 0.25) is 0 Å². The maximum absolute atomic E-state index is 6.33. The fraction of sp³-hybridized carbons (Fsp3) is 0. The summed E-state index contributed by atoms with van der Waals surface area (Å²) in [5.74, 6) is 0.684. The summed E-state index contributed by atoms with van der Waals surface area (Å²) in [7, 11) is 0. The fourth-order valence-electron chi connectivity index (χ4n) is 6.50. The van der Waals surface area contributed by atoms with E-state index in [-0.39, 0.29) is 0 Å². The van der Waals surface area contributed by atoms with Crippen LogP contribution in [0, 0.1) is 0 Å². The normalized spacial score (nSPS) is 11.4. The minimum Gasteiger partial charge on any atom is -0.455 e. The van der Waals surface area contributed by atoms with Gasteiger partial charge in [0.05, 0.1) is 11.4 Å². The highest BCUT2D eigenvalue weighted by molar-refractivity contribution is 6.15. The first-order valence-corrected chi connectivity index (χ1v) is 15.8. The molecular weight excluding hydrogens is 572 g/mol. The summed E-state index contributed by atoms with van der Waals surface area (Å²) in [6.45, 7) is 0. The smallest absolute Gasteiger partial charge is 0.160 e. The van der Waals surface area contributed by atoms with Gasteiger partial charge in [-0.25, -0.2) is 9.97 Å². The molecule has 0 N–H and O–H groups in total. The second-order valence-electron chi connectivity index (χ2n) is 11.8. The van der Waals surface area contributed by atoms with E-state index in [2.05, 4.69) is 140 Å². The van der Waals surface area contributed by atoms with Crippen LogP contribution in [0.3, 0.4) is 0 Å². The Morgan fingerprint density at radius 2 is 0.894 bits per heavy atom. The second-order valence-corrected chi connectivity index (χ2v) is 11.8. The van der Waals surface area contributed by atoms with Crippen LogP contribution in [-0.4, -0.2) is 9.97 Å². The van der Waals surface area contributed by atoms with Gasteiger partial charge in [-0.05, 0) is 76.2 Å². The Balaban J connectivity index is 1.24. The molecule has 0 unspecified atom stereocenters. The highest BCUT2D eigenvalue weighted by atomic mass is 16.3. The number of hydrogen-bond acceptors (Lipinski definition) is 3. The molecule has 0 spiro atoms.